The van der Waals surface area contributed by atoms with Gasteiger partial charge >= 0.3 is 0 Å². The molecule has 0 saturated carbocycles. The Morgan fingerprint density at radius 1 is 1.38 bits per heavy atom. The molecule has 0 aliphatic carbocycles. The maximum absolute atomic E-state index is 5.35. The molecule has 0 radical (unpaired) electrons. The van der Waals surface area contributed by atoms with E-state index in [0.29, 0.717) is 13.2 Å². The van der Waals surface area contributed by atoms with Gasteiger partial charge in [0.1, 0.15) is 5.01 Å². The minimum atomic E-state index is 0.672. The fraction of sp³-hybridized carbons (Fsp3) is 0.727. The topological polar surface area (TPSA) is 43.4 Å². The zero-order valence-electron chi connectivity index (χ0n) is 9.99. The van der Waals surface area contributed by atoms with E-state index in [1.54, 1.807) is 18.4 Å². The number of nitrogens with zero attached hydrogens (tertiary/aromatic N) is 1. The molecule has 1 heterocycles. The summed E-state index contributed by atoms with van der Waals surface area (Å²) in [7, 11) is 1.68. The number of aromatic nitrogens is 1. The number of ether oxygens (including phenoxy) is 2. The molecule has 0 spiro atoms. The van der Waals surface area contributed by atoms with Crippen molar-refractivity contribution < 1.29 is 9.47 Å². The van der Waals surface area contributed by atoms with Gasteiger partial charge in [-0.05, 0) is 19.9 Å². The maximum Gasteiger partial charge on any atom is 0.107 e. The van der Waals surface area contributed by atoms with E-state index >= 15 is 0 Å². The fourth-order valence-corrected chi connectivity index (χ4v) is 1.96. The van der Waals surface area contributed by atoms with Crippen molar-refractivity contribution in [1.29, 1.82) is 0 Å². The standard InChI is InChI=1S/C11H20N2O2S/c1-10-9-16-11(13-10)8-12-4-3-5-15-7-6-14-2/h9,12H,3-8H2,1-2H3. The van der Waals surface area contributed by atoms with Gasteiger partial charge in [-0.2, -0.15) is 0 Å². The third-order valence-electron chi connectivity index (χ3n) is 2.02. The predicted molar refractivity (Wildman–Crippen MR) is 65.9 cm³/mol. The van der Waals surface area contributed by atoms with Crippen molar-refractivity contribution in [3.8, 4) is 0 Å². The minimum absolute atomic E-state index is 0.672. The summed E-state index contributed by atoms with van der Waals surface area (Å²) in [6.07, 6.45) is 1.02. The van der Waals surface area contributed by atoms with Crippen LogP contribution < -0.4 is 5.32 Å². The van der Waals surface area contributed by atoms with Crippen molar-refractivity contribution in [3.05, 3.63) is 16.1 Å². The monoisotopic (exact) mass is 244 g/mol. The number of aryl methyl sites for hydroxylation is 1. The van der Waals surface area contributed by atoms with E-state index in [2.05, 4.69) is 15.7 Å². The zero-order valence-corrected chi connectivity index (χ0v) is 10.8. The SMILES string of the molecule is COCCOCCCNCc1nc(C)cs1. The molecular weight excluding hydrogens is 224 g/mol. The van der Waals surface area contributed by atoms with Crippen molar-refractivity contribution in [2.24, 2.45) is 0 Å². The Hall–Kier alpha value is -0.490. The third kappa shape index (κ3) is 6.17. The molecule has 0 fully saturated rings. The van der Waals surface area contributed by atoms with Gasteiger partial charge in [-0.1, -0.05) is 0 Å². The van der Waals surface area contributed by atoms with Crippen LogP contribution in [0.1, 0.15) is 17.1 Å². The van der Waals surface area contributed by atoms with Crippen LogP contribution in [0.25, 0.3) is 0 Å². The van der Waals surface area contributed by atoms with E-state index in [9.17, 15) is 0 Å². The molecule has 0 atom stereocenters. The Kier molecular flexibility index (Phi) is 7.33. The van der Waals surface area contributed by atoms with Gasteiger partial charge in [-0.3, -0.25) is 0 Å². The molecule has 0 unspecified atom stereocenters. The Morgan fingerprint density at radius 2 is 2.25 bits per heavy atom. The van der Waals surface area contributed by atoms with Gasteiger partial charge in [0.25, 0.3) is 0 Å². The summed E-state index contributed by atoms with van der Waals surface area (Å²) >= 11 is 1.70. The average Bonchev–Trinajstić information content (AvgIpc) is 2.68. The lowest BCUT2D eigenvalue weighted by molar-refractivity contribution is 0.0695. The summed E-state index contributed by atoms with van der Waals surface area (Å²) in [4.78, 5) is 4.38. The number of methoxy groups -OCH3 is 1. The Balaban J connectivity index is 1.88. The van der Waals surface area contributed by atoms with E-state index in [4.69, 9.17) is 9.47 Å². The molecule has 1 aromatic heterocycles. The van der Waals surface area contributed by atoms with E-state index in [-0.39, 0.29) is 0 Å². The predicted octanol–water partition coefficient (Wildman–Crippen LogP) is 1.59. The molecule has 1 N–H and O–H groups in total. The third-order valence-corrected chi connectivity index (χ3v) is 2.98. The van der Waals surface area contributed by atoms with Crippen LogP contribution in [0.4, 0.5) is 0 Å². The van der Waals surface area contributed by atoms with E-state index in [1.165, 1.54) is 0 Å². The van der Waals surface area contributed by atoms with Crippen molar-refractivity contribution in [2.75, 3.05) is 33.5 Å². The lowest BCUT2D eigenvalue weighted by Gasteiger charge is -2.04. The second-order valence-electron chi connectivity index (χ2n) is 3.52. The Labute approximate surface area is 101 Å². The van der Waals surface area contributed by atoms with Crippen molar-refractivity contribution >= 4 is 11.3 Å². The van der Waals surface area contributed by atoms with Crippen LogP contribution in [0.2, 0.25) is 0 Å². The van der Waals surface area contributed by atoms with Crippen LogP contribution in [0.5, 0.6) is 0 Å². The number of hydrogen-bond donors (Lipinski definition) is 1. The largest absolute Gasteiger partial charge is 0.382 e. The minimum Gasteiger partial charge on any atom is -0.382 e. The molecule has 1 aromatic rings. The second-order valence-corrected chi connectivity index (χ2v) is 4.46. The zero-order chi connectivity index (χ0) is 11.6. The first-order chi connectivity index (χ1) is 7.83. The lowest BCUT2D eigenvalue weighted by atomic mass is 10.4. The first-order valence-corrected chi connectivity index (χ1v) is 6.39. The van der Waals surface area contributed by atoms with Gasteiger partial charge in [-0.15, -0.1) is 11.3 Å². The second kappa shape index (κ2) is 8.64. The van der Waals surface area contributed by atoms with Crippen LogP contribution >= 0.6 is 11.3 Å². The van der Waals surface area contributed by atoms with Crippen LogP contribution in [-0.2, 0) is 16.0 Å². The maximum atomic E-state index is 5.35. The molecule has 0 saturated heterocycles. The first kappa shape index (κ1) is 13.6. The van der Waals surface area contributed by atoms with E-state index in [0.717, 1.165) is 36.8 Å². The summed E-state index contributed by atoms with van der Waals surface area (Å²) in [5, 5.41) is 6.57. The highest BCUT2D eigenvalue weighted by atomic mass is 32.1. The molecule has 5 heteroatoms. The molecule has 0 aliphatic rings. The summed E-state index contributed by atoms with van der Waals surface area (Å²) < 4.78 is 10.2. The average molecular weight is 244 g/mol. The van der Waals surface area contributed by atoms with Crippen molar-refractivity contribution in [1.82, 2.24) is 10.3 Å². The van der Waals surface area contributed by atoms with E-state index in [1.807, 2.05) is 6.92 Å². The highest BCUT2D eigenvalue weighted by Gasteiger charge is 1.97. The summed E-state index contributed by atoms with van der Waals surface area (Å²) in [5.41, 5.74) is 1.10. The van der Waals surface area contributed by atoms with Gasteiger partial charge in [0.2, 0.25) is 0 Å². The summed E-state index contributed by atoms with van der Waals surface area (Å²) in [6, 6.07) is 0. The molecule has 0 amide bonds. The van der Waals surface area contributed by atoms with E-state index < -0.39 is 0 Å². The number of thiazole rings is 1. The molecule has 0 bridgehead atoms. The molecule has 4 nitrogen and oxygen atoms in total. The molecule has 0 aromatic carbocycles. The van der Waals surface area contributed by atoms with Crippen LogP contribution in [0.15, 0.2) is 5.38 Å². The molecule has 92 valence electrons. The Bertz CT molecular complexity index is 279. The normalized spacial score (nSPS) is 10.9. The quantitative estimate of drug-likeness (QED) is 0.670. The van der Waals surface area contributed by atoms with Gasteiger partial charge in [-0.25, -0.2) is 4.98 Å². The van der Waals surface area contributed by atoms with Gasteiger partial charge in [0.15, 0.2) is 0 Å². The van der Waals surface area contributed by atoms with Crippen LogP contribution in [0.3, 0.4) is 0 Å². The first-order valence-electron chi connectivity index (χ1n) is 5.51. The highest BCUT2D eigenvalue weighted by molar-refractivity contribution is 7.09. The van der Waals surface area contributed by atoms with Crippen molar-refractivity contribution in [3.63, 3.8) is 0 Å². The summed E-state index contributed by atoms with van der Waals surface area (Å²) in [5.74, 6) is 0. The molecule has 0 aliphatic heterocycles. The van der Waals surface area contributed by atoms with Gasteiger partial charge in [0.05, 0.1) is 13.2 Å². The highest BCUT2D eigenvalue weighted by Crippen LogP contribution is 2.07. The smallest absolute Gasteiger partial charge is 0.107 e. The Morgan fingerprint density at radius 3 is 2.94 bits per heavy atom. The number of nitrogens with one attached hydrogen (secondary N) is 1. The van der Waals surface area contributed by atoms with Gasteiger partial charge in [0, 0.05) is 31.3 Å². The van der Waals surface area contributed by atoms with Crippen LogP contribution in [0, 0.1) is 6.92 Å². The lowest BCUT2D eigenvalue weighted by Crippen LogP contribution is -2.16. The number of hydrogen-bond acceptors (Lipinski definition) is 5. The fourth-order valence-electron chi connectivity index (χ4n) is 1.22. The molecular formula is C11H20N2O2S. The molecule has 16 heavy (non-hydrogen) atoms. The van der Waals surface area contributed by atoms with Crippen LogP contribution in [-0.4, -0.2) is 38.5 Å². The van der Waals surface area contributed by atoms with Gasteiger partial charge < -0.3 is 14.8 Å². The summed E-state index contributed by atoms with van der Waals surface area (Å²) in [6.45, 7) is 5.98. The molecule has 1 rings (SSSR count). The number of rotatable bonds is 9. The van der Waals surface area contributed by atoms with Crippen molar-refractivity contribution in [2.45, 2.75) is 19.9 Å².